The summed E-state index contributed by atoms with van der Waals surface area (Å²) in [5.41, 5.74) is 3.21. The van der Waals surface area contributed by atoms with E-state index in [1.54, 1.807) is 133 Å². The maximum Gasteiger partial charge on any atom is 0.573 e. The van der Waals surface area contributed by atoms with Gasteiger partial charge in [-0.3, -0.25) is 38.3 Å². The van der Waals surface area contributed by atoms with Crippen LogP contribution in [0, 0.1) is 0 Å². The maximum absolute atomic E-state index is 13.9. The summed E-state index contributed by atoms with van der Waals surface area (Å²) in [6.45, 7) is 8.48. The molecule has 0 saturated heterocycles. The Labute approximate surface area is 499 Å². The number of aromatic nitrogens is 8. The molecule has 24 heteroatoms. The first kappa shape index (κ1) is 62.0. The summed E-state index contributed by atoms with van der Waals surface area (Å²) >= 11 is 0. The predicted octanol–water partition coefficient (Wildman–Crippen LogP) is 11.6. The van der Waals surface area contributed by atoms with Crippen molar-refractivity contribution < 1.29 is 54.9 Å². The number of fused-ring (bicyclic) bond motifs is 2. The van der Waals surface area contributed by atoms with Crippen LogP contribution in [0.15, 0.2) is 192 Å². The molecule has 2 amide bonds. The fourth-order valence-electron chi connectivity index (χ4n) is 9.56. The molecule has 10 aromatic rings. The monoisotopic (exact) mass is 1210 g/mol. The Hall–Kier alpha value is -10.5. The van der Waals surface area contributed by atoms with E-state index < -0.39 is 24.8 Å². The second-order valence-corrected chi connectivity index (χ2v) is 19.7. The number of amides is 2. The first-order chi connectivity index (χ1) is 42.2. The van der Waals surface area contributed by atoms with Crippen molar-refractivity contribution in [2.24, 2.45) is 0 Å². The minimum atomic E-state index is -4.83. The molecule has 452 valence electrons. The van der Waals surface area contributed by atoms with E-state index in [2.05, 4.69) is 29.4 Å². The third-order valence-electron chi connectivity index (χ3n) is 13.7. The number of pyridine rings is 4. The number of nitrogens with zero attached hydrogens (tertiary/aromatic N) is 10. The third-order valence-corrected chi connectivity index (χ3v) is 13.7. The second kappa shape index (κ2) is 27.7. The molecule has 0 radical (unpaired) electrons. The van der Waals surface area contributed by atoms with E-state index in [1.807, 2.05) is 26.0 Å². The van der Waals surface area contributed by atoms with Crippen LogP contribution in [0.4, 0.5) is 26.3 Å². The van der Waals surface area contributed by atoms with E-state index in [4.69, 9.17) is 19.4 Å². The molecule has 0 saturated carbocycles. The van der Waals surface area contributed by atoms with Crippen molar-refractivity contribution in [1.29, 1.82) is 0 Å². The van der Waals surface area contributed by atoms with Gasteiger partial charge >= 0.3 is 12.7 Å². The standard InChI is InChI=1S/2C32H28F3N5O4/c2*1-3-43-25-14-10-24(11-15-25)40-30(38-29-27(31(40)42)7-5-17-37-29)21(2)39(20-23-6-4-16-36-19-23)28(41)18-22-8-12-26(13-9-22)44-32(33,34)35/h2*4-17,19,21H,3,18,20H2,1-2H3/t2*21-/m11/s1. The molecule has 4 aromatic carbocycles. The SMILES string of the molecule is CCOc1ccc(-n2c([C@@H](C)N(Cc3cccnc3)C(=O)Cc3ccc(OC(F)(F)F)cc3)nc3ncccc3c2=O)cc1.CCOc1ccc(-n2c([C@@H](C)N(Cc3cccnc3)C(=O)Cc3ccc(OC(F)(F)F)cc3)nc3ncccc3c2=O)cc1. The molecule has 0 N–H and O–H groups in total. The fraction of sp³-hybridized carbons (Fsp3) is 0.219. The van der Waals surface area contributed by atoms with Crippen LogP contribution in [-0.4, -0.2) is 86.6 Å². The molecule has 0 aliphatic carbocycles. The first-order valence-electron chi connectivity index (χ1n) is 27.5. The Kier molecular flexibility index (Phi) is 19.5. The number of rotatable bonds is 20. The maximum atomic E-state index is 13.9. The summed E-state index contributed by atoms with van der Waals surface area (Å²) in [4.78, 5) is 85.1. The number of benzene rings is 4. The highest BCUT2D eigenvalue weighted by Crippen LogP contribution is 2.30. The highest BCUT2D eigenvalue weighted by atomic mass is 19.4. The molecule has 6 aromatic heterocycles. The zero-order valence-electron chi connectivity index (χ0n) is 47.7. The molecule has 88 heavy (non-hydrogen) atoms. The summed E-state index contributed by atoms with van der Waals surface area (Å²) in [6, 6.07) is 36.4. The molecule has 10 rings (SSSR count). The number of carbonyl (C=O) groups is 2. The van der Waals surface area contributed by atoms with Gasteiger partial charge in [0.1, 0.15) is 34.6 Å². The molecular formula is C64H56F6N10O8. The zero-order chi connectivity index (χ0) is 62.5. The van der Waals surface area contributed by atoms with Crippen LogP contribution in [0.3, 0.4) is 0 Å². The number of alkyl halides is 6. The normalized spacial score (nSPS) is 12.1. The van der Waals surface area contributed by atoms with Crippen LogP contribution >= 0.6 is 0 Å². The van der Waals surface area contributed by atoms with Crippen LogP contribution in [0.1, 0.15) is 73.7 Å². The number of hydrogen-bond acceptors (Lipinski definition) is 14. The average molecular weight is 1210 g/mol. The third kappa shape index (κ3) is 15.7. The number of carbonyl (C=O) groups excluding carboxylic acids is 2. The summed E-state index contributed by atoms with van der Waals surface area (Å²) in [5.74, 6) is 0.346. The largest absolute Gasteiger partial charge is 0.573 e. The summed E-state index contributed by atoms with van der Waals surface area (Å²) in [5, 5.41) is 0.618. The topological polar surface area (TPSA) is 199 Å². The van der Waals surface area contributed by atoms with Crippen LogP contribution < -0.4 is 30.1 Å². The lowest BCUT2D eigenvalue weighted by molar-refractivity contribution is -0.275. The van der Waals surface area contributed by atoms with Gasteiger partial charge in [-0.25, -0.2) is 19.9 Å². The Bertz CT molecular complexity index is 3860. The lowest BCUT2D eigenvalue weighted by Crippen LogP contribution is -2.38. The van der Waals surface area contributed by atoms with E-state index >= 15 is 0 Å². The number of ether oxygens (including phenoxy) is 4. The molecule has 0 aliphatic heterocycles. The quantitative estimate of drug-likeness (QED) is 0.0653. The lowest BCUT2D eigenvalue weighted by Gasteiger charge is -2.31. The number of halogens is 6. The van der Waals surface area contributed by atoms with E-state index in [0.29, 0.717) is 58.0 Å². The Morgan fingerprint density at radius 3 is 1.16 bits per heavy atom. The lowest BCUT2D eigenvalue weighted by atomic mass is 10.1. The van der Waals surface area contributed by atoms with Gasteiger partial charge in [0.05, 0.1) is 60.3 Å². The van der Waals surface area contributed by atoms with Crippen molar-refractivity contribution in [3.8, 4) is 34.4 Å². The van der Waals surface area contributed by atoms with E-state index in [-0.39, 0.29) is 83.3 Å². The van der Waals surface area contributed by atoms with Gasteiger partial charge in [-0.1, -0.05) is 36.4 Å². The average Bonchev–Trinajstić information content (AvgIpc) is 1.76. The Morgan fingerprint density at radius 2 is 0.830 bits per heavy atom. The highest BCUT2D eigenvalue weighted by molar-refractivity contribution is 5.81. The van der Waals surface area contributed by atoms with Crippen LogP contribution in [0.5, 0.6) is 23.0 Å². The van der Waals surface area contributed by atoms with Gasteiger partial charge in [-0.15, -0.1) is 26.3 Å². The Morgan fingerprint density at radius 1 is 0.477 bits per heavy atom. The van der Waals surface area contributed by atoms with Crippen molar-refractivity contribution in [3.05, 3.63) is 237 Å². The van der Waals surface area contributed by atoms with Gasteiger partial charge in [0.25, 0.3) is 11.1 Å². The van der Waals surface area contributed by atoms with E-state index in [9.17, 15) is 45.5 Å². The number of hydrogen-bond donors (Lipinski definition) is 0. The molecule has 18 nitrogen and oxygen atoms in total. The zero-order valence-corrected chi connectivity index (χ0v) is 47.7. The van der Waals surface area contributed by atoms with Crippen LogP contribution in [-0.2, 0) is 35.5 Å². The van der Waals surface area contributed by atoms with Crippen molar-refractivity contribution in [2.75, 3.05) is 13.2 Å². The van der Waals surface area contributed by atoms with Gasteiger partial charge < -0.3 is 28.7 Å². The second-order valence-electron chi connectivity index (χ2n) is 19.7. The summed E-state index contributed by atoms with van der Waals surface area (Å²) < 4.78 is 97.7. The molecule has 0 aliphatic rings. The molecule has 2 atom stereocenters. The smallest absolute Gasteiger partial charge is 0.494 e. The summed E-state index contributed by atoms with van der Waals surface area (Å²) in [6.07, 6.45) is -0.345. The van der Waals surface area contributed by atoms with Crippen molar-refractivity contribution in [1.82, 2.24) is 48.8 Å². The minimum absolute atomic E-state index is 0.127. The van der Waals surface area contributed by atoms with Gasteiger partial charge in [-0.05, 0) is 159 Å². The fourth-order valence-corrected chi connectivity index (χ4v) is 9.56. The van der Waals surface area contributed by atoms with Gasteiger partial charge in [0.2, 0.25) is 11.8 Å². The van der Waals surface area contributed by atoms with Crippen molar-refractivity contribution >= 4 is 33.9 Å². The van der Waals surface area contributed by atoms with E-state index in [1.165, 1.54) is 45.8 Å². The van der Waals surface area contributed by atoms with Crippen molar-refractivity contribution in [2.45, 2.75) is 78.4 Å². The van der Waals surface area contributed by atoms with Crippen LogP contribution in [0.25, 0.3) is 33.4 Å². The molecular weight excluding hydrogens is 1150 g/mol. The van der Waals surface area contributed by atoms with Crippen LogP contribution in [0.2, 0.25) is 0 Å². The van der Waals surface area contributed by atoms with Gasteiger partial charge in [0, 0.05) is 50.3 Å². The molecule has 0 bridgehead atoms. The summed E-state index contributed by atoms with van der Waals surface area (Å²) in [7, 11) is 0. The highest BCUT2D eigenvalue weighted by Gasteiger charge is 2.33. The van der Waals surface area contributed by atoms with Crippen molar-refractivity contribution in [3.63, 3.8) is 0 Å². The van der Waals surface area contributed by atoms with Gasteiger partial charge in [-0.2, -0.15) is 0 Å². The van der Waals surface area contributed by atoms with E-state index in [0.717, 1.165) is 35.4 Å². The Balaban J connectivity index is 0.000000209. The first-order valence-corrected chi connectivity index (χ1v) is 27.5. The molecule has 0 unspecified atom stereocenters. The minimum Gasteiger partial charge on any atom is -0.494 e. The predicted molar refractivity (Wildman–Crippen MR) is 313 cm³/mol. The molecule has 0 spiro atoms. The molecule has 0 fully saturated rings. The molecule has 6 heterocycles. The van der Waals surface area contributed by atoms with Gasteiger partial charge in [0.15, 0.2) is 11.3 Å².